The van der Waals surface area contributed by atoms with E-state index < -0.39 is 6.04 Å². The van der Waals surface area contributed by atoms with Gasteiger partial charge >= 0.3 is 0 Å². The van der Waals surface area contributed by atoms with E-state index in [0.717, 1.165) is 5.56 Å². The van der Waals surface area contributed by atoms with Crippen molar-refractivity contribution in [1.29, 1.82) is 0 Å². The summed E-state index contributed by atoms with van der Waals surface area (Å²) >= 11 is 0. The summed E-state index contributed by atoms with van der Waals surface area (Å²) in [6, 6.07) is 9.01. The third kappa shape index (κ3) is 3.29. The average molecular weight is 234 g/mol. The zero-order valence-corrected chi connectivity index (χ0v) is 9.31. The first kappa shape index (κ1) is 11.6. The Kier molecular flexibility index (Phi) is 3.72. The highest BCUT2D eigenvalue weighted by atomic mass is 16.5. The molecule has 0 bridgehead atoms. The van der Waals surface area contributed by atoms with E-state index in [1.54, 1.807) is 0 Å². The molecule has 1 heterocycles. The van der Waals surface area contributed by atoms with E-state index in [2.05, 4.69) is 10.6 Å². The fourth-order valence-electron chi connectivity index (χ4n) is 1.60. The Bertz CT molecular complexity index is 405. The third-order valence-electron chi connectivity index (χ3n) is 2.48. The molecule has 0 radical (unpaired) electrons. The number of carbonyl (C=O) groups excluding carboxylic acids is 2. The van der Waals surface area contributed by atoms with Crippen LogP contribution in [0, 0.1) is 0 Å². The highest BCUT2D eigenvalue weighted by Gasteiger charge is 2.24. The Morgan fingerprint density at radius 2 is 2.18 bits per heavy atom. The molecule has 5 nitrogen and oxygen atoms in total. The molecule has 5 heteroatoms. The summed E-state index contributed by atoms with van der Waals surface area (Å²) < 4.78 is 4.99. The van der Waals surface area contributed by atoms with Gasteiger partial charge in [-0.1, -0.05) is 30.3 Å². The summed E-state index contributed by atoms with van der Waals surface area (Å²) in [5, 5.41) is 5.33. The van der Waals surface area contributed by atoms with Crippen molar-refractivity contribution in [1.82, 2.24) is 10.6 Å². The van der Waals surface area contributed by atoms with E-state index in [4.69, 9.17) is 4.74 Å². The van der Waals surface area contributed by atoms with Gasteiger partial charge in [-0.15, -0.1) is 0 Å². The zero-order chi connectivity index (χ0) is 12.1. The topological polar surface area (TPSA) is 67.4 Å². The van der Waals surface area contributed by atoms with Gasteiger partial charge in [0.1, 0.15) is 12.6 Å². The summed E-state index contributed by atoms with van der Waals surface area (Å²) in [5.41, 5.74) is 1.02. The van der Waals surface area contributed by atoms with Crippen molar-refractivity contribution in [3.8, 4) is 0 Å². The lowest BCUT2D eigenvalue weighted by Crippen LogP contribution is -2.53. The molecule has 1 saturated heterocycles. The molecule has 1 atom stereocenters. The van der Waals surface area contributed by atoms with Crippen LogP contribution in [-0.4, -0.2) is 31.1 Å². The molecule has 0 aromatic heterocycles. The van der Waals surface area contributed by atoms with Crippen molar-refractivity contribution < 1.29 is 14.3 Å². The molecule has 0 spiro atoms. The molecule has 0 aliphatic carbocycles. The highest BCUT2D eigenvalue weighted by Crippen LogP contribution is 1.99. The Hall–Kier alpha value is -1.88. The minimum atomic E-state index is -0.583. The van der Waals surface area contributed by atoms with Crippen LogP contribution >= 0.6 is 0 Å². The molecule has 1 aliphatic heterocycles. The van der Waals surface area contributed by atoms with Crippen molar-refractivity contribution >= 4 is 11.8 Å². The Balaban J connectivity index is 1.83. The van der Waals surface area contributed by atoms with Gasteiger partial charge in [-0.2, -0.15) is 0 Å². The Labute approximate surface area is 99.2 Å². The van der Waals surface area contributed by atoms with E-state index in [-0.39, 0.29) is 25.0 Å². The van der Waals surface area contributed by atoms with Crippen LogP contribution in [0.1, 0.15) is 5.56 Å². The number of benzene rings is 1. The smallest absolute Gasteiger partial charge is 0.246 e. The maximum atomic E-state index is 11.7. The van der Waals surface area contributed by atoms with Crippen LogP contribution in [0.3, 0.4) is 0 Å². The third-order valence-corrected chi connectivity index (χ3v) is 2.48. The fraction of sp³-hybridized carbons (Fsp3) is 0.333. The quantitative estimate of drug-likeness (QED) is 0.762. The molecule has 2 N–H and O–H groups in total. The largest absolute Gasteiger partial charge is 0.369 e. The van der Waals surface area contributed by atoms with Gasteiger partial charge in [0.2, 0.25) is 11.8 Å². The molecule has 1 aromatic carbocycles. The maximum Gasteiger partial charge on any atom is 0.246 e. The zero-order valence-electron chi connectivity index (χ0n) is 9.31. The first-order valence-electron chi connectivity index (χ1n) is 5.44. The average Bonchev–Trinajstić information content (AvgIpc) is 2.37. The number of morpholine rings is 1. The van der Waals surface area contributed by atoms with E-state index in [9.17, 15) is 9.59 Å². The number of ether oxygens (including phenoxy) is 1. The Morgan fingerprint density at radius 3 is 2.88 bits per heavy atom. The molecule has 90 valence electrons. The molecule has 1 fully saturated rings. The van der Waals surface area contributed by atoms with Crippen molar-refractivity contribution in [3.63, 3.8) is 0 Å². The van der Waals surface area contributed by atoms with Crippen LogP contribution in [0.2, 0.25) is 0 Å². The van der Waals surface area contributed by atoms with Gasteiger partial charge in [0.15, 0.2) is 0 Å². The highest BCUT2D eigenvalue weighted by molar-refractivity contribution is 5.88. The molecule has 0 unspecified atom stereocenters. The number of hydrogen-bond donors (Lipinski definition) is 2. The van der Waals surface area contributed by atoms with E-state index in [1.807, 2.05) is 30.3 Å². The Morgan fingerprint density at radius 1 is 1.41 bits per heavy atom. The summed E-state index contributed by atoms with van der Waals surface area (Å²) in [4.78, 5) is 22.7. The summed E-state index contributed by atoms with van der Waals surface area (Å²) in [6.07, 6.45) is 0. The number of rotatable bonds is 3. The SMILES string of the molecule is O=C1COC[C@@H](C(=O)NCc2ccccc2)N1. The van der Waals surface area contributed by atoms with Crippen LogP contribution in [0.4, 0.5) is 0 Å². The van der Waals surface area contributed by atoms with Gasteiger partial charge in [0.05, 0.1) is 6.61 Å². The lowest BCUT2D eigenvalue weighted by atomic mass is 10.2. The molecule has 0 saturated carbocycles. The standard InChI is InChI=1S/C12H14N2O3/c15-11-8-17-7-10(14-11)12(16)13-6-9-4-2-1-3-5-9/h1-5,10H,6-8H2,(H,13,16)(H,14,15)/t10-/m0/s1. The lowest BCUT2D eigenvalue weighted by molar-refractivity contribution is -0.138. The molecular formula is C12H14N2O3. The van der Waals surface area contributed by atoms with Crippen LogP contribution < -0.4 is 10.6 Å². The van der Waals surface area contributed by atoms with E-state index in [0.29, 0.717) is 6.54 Å². The van der Waals surface area contributed by atoms with Crippen LogP contribution in [-0.2, 0) is 20.9 Å². The van der Waals surface area contributed by atoms with Crippen molar-refractivity contribution in [2.45, 2.75) is 12.6 Å². The lowest BCUT2D eigenvalue weighted by Gasteiger charge is -2.22. The molecule has 2 rings (SSSR count). The maximum absolute atomic E-state index is 11.7. The monoisotopic (exact) mass is 234 g/mol. The van der Waals surface area contributed by atoms with E-state index in [1.165, 1.54) is 0 Å². The molecule has 1 aliphatic rings. The van der Waals surface area contributed by atoms with Gasteiger partial charge in [-0.25, -0.2) is 0 Å². The number of hydrogen-bond acceptors (Lipinski definition) is 3. The molecule has 1 aromatic rings. The predicted molar refractivity (Wildman–Crippen MR) is 61.0 cm³/mol. The van der Waals surface area contributed by atoms with Crippen molar-refractivity contribution in [3.05, 3.63) is 35.9 Å². The second-order valence-corrected chi connectivity index (χ2v) is 3.84. The van der Waals surface area contributed by atoms with Gasteiger partial charge < -0.3 is 15.4 Å². The number of nitrogens with one attached hydrogen (secondary N) is 2. The molecule has 2 amide bonds. The normalized spacial score (nSPS) is 19.5. The van der Waals surface area contributed by atoms with E-state index >= 15 is 0 Å². The minimum absolute atomic E-state index is 0.0302. The minimum Gasteiger partial charge on any atom is -0.369 e. The van der Waals surface area contributed by atoms with Gasteiger partial charge in [-0.3, -0.25) is 9.59 Å². The fourth-order valence-corrected chi connectivity index (χ4v) is 1.60. The van der Waals surface area contributed by atoms with Crippen molar-refractivity contribution in [2.24, 2.45) is 0 Å². The molecule has 17 heavy (non-hydrogen) atoms. The van der Waals surface area contributed by atoms with Crippen LogP contribution in [0.5, 0.6) is 0 Å². The van der Waals surface area contributed by atoms with Gasteiger partial charge in [-0.05, 0) is 5.56 Å². The molecular weight excluding hydrogens is 220 g/mol. The summed E-state index contributed by atoms with van der Waals surface area (Å²) in [6.45, 7) is 0.709. The first-order valence-corrected chi connectivity index (χ1v) is 5.44. The first-order chi connectivity index (χ1) is 8.25. The van der Waals surface area contributed by atoms with Gasteiger partial charge in [0, 0.05) is 6.54 Å². The predicted octanol–water partition coefficient (Wildman–Crippen LogP) is -0.182. The second kappa shape index (κ2) is 5.45. The summed E-state index contributed by atoms with van der Waals surface area (Å²) in [7, 11) is 0. The number of carbonyl (C=O) groups is 2. The van der Waals surface area contributed by atoms with Crippen LogP contribution in [0.15, 0.2) is 30.3 Å². The van der Waals surface area contributed by atoms with Gasteiger partial charge in [0.25, 0.3) is 0 Å². The number of amides is 2. The second-order valence-electron chi connectivity index (χ2n) is 3.84. The van der Waals surface area contributed by atoms with Crippen molar-refractivity contribution in [2.75, 3.05) is 13.2 Å². The van der Waals surface area contributed by atoms with Crippen LogP contribution in [0.25, 0.3) is 0 Å². The summed E-state index contributed by atoms with van der Waals surface area (Å²) in [5.74, 6) is -0.474.